The Hall–Kier alpha value is -0.590. The largest absolute Gasteiger partial charge is 0.295 e. The Kier molecular flexibility index (Phi) is 1.67. The van der Waals surface area contributed by atoms with E-state index in [4.69, 9.17) is 0 Å². The molecule has 1 rings (SSSR count). The van der Waals surface area contributed by atoms with Gasteiger partial charge < -0.3 is 0 Å². The summed E-state index contributed by atoms with van der Waals surface area (Å²) >= 11 is 0. The fraction of sp³-hybridized carbons (Fsp3) is 0.667. The monoisotopic (exact) mass is 138 g/mol. The van der Waals surface area contributed by atoms with Gasteiger partial charge in [-0.05, 0) is 17.4 Å². The van der Waals surface area contributed by atoms with Crippen LogP contribution in [0.1, 0.15) is 27.2 Å². The van der Waals surface area contributed by atoms with Crippen LogP contribution >= 0.6 is 0 Å². The number of hydrogen-bond donors (Lipinski definition) is 0. The van der Waals surface area contributed by atoms with Crippen molar-refractivity contribution >= 4 is 5.78 Å². The summed E-state index contributed by atoms with van der Waals surface area (Å²) in [5.41, 5.74) is 0.216. The van der Waals surface area contributed by atoms with Crippen LogP contribution in [-0.4, -0.2) is 5.78 Å². The summed E-state index contributed by atoms with van der Waals surface area (Å²) in [5.74, 6) is 0.761. The van der Waals surface area contributed by atoms with E-state index in [2.05, 4.69) is 20.8 Å². The van der Waals surface area contributed by atoms with Crippen molar-refractivity contribution < 1.29 is 4.79 Å². The van der Waals surface area contributed by atoms with Crippen molar-refractivity contribution in [3.63, 3.8) is 0 Å². The van der Waals surface area contributed by atoms with E-state index in [1.807, 2.05) is 6.08 Å². The third-order valence-electron chi connectivity index (χ3n) is 2.48. The molecule has 10 heavy (non-hydrogen) atoms. The van der Waals surface area contributed by atoms with E-state index in [9.17, 15) is 4.79 Å². The summed E-state index contributed by atoms with van der Waals surface area (Å²) in [6, 6.07) is 0. The van der Waals surface area contributed by atoms with E-state index < -0.39 is 0 Å². The summed E-state index contributed by atoms with van der Waals surface area (Å²) in [4.78, 5) is 10.9. The molecule has 0 radical (unpaired) electrons. The van der Waals surface area contributed by atoms with Crippen molar-refractivity contribution in [2.24, 2.45) is 11.3 Å². The molecule has 0 saturated heterocycles. The van der Waals surface area contributed by atoms with Gasteiger partial charge in [0.15, 0.2) is 5.78 Å². The van der Waals surface area contributed by atoms with Gasteiger partial charge in [-0.2, -0.15) is 0 Å². The first-order valence-electron chi connectivity index (χ1n) is 3.74. The molecule has 0 heterocycles. The second-order valence-corrected chi connectivity index (χ2v) is 3.73. The fourth-order valence-electron chi connectivity index (χ4n) is 1.10. The number of carbonyl (C=O) groups excluding carboxylic acids is 1. The number of rotatable bonds is 0. The van der Waals surface area contributed by atoms with Gasteiger partial charge in [-0.1, -0.05) is 26.8 Å². The number of allylic oxidation sites excluding steroid dienone is 2. The first kappa shape index (κ1) is 7.52. The van der Waals surface area contributed by atoms with Crippen LogP contribution < -0.4 is 0 Å². The zero-order valence-electron chi connectivity index (χ0n) is 6.85. The van der Waals surface area contributed by atoms with Crippen molar-refractivity contribution in [3.8, 4) is 0 Å². The van der Waals surface area contributed by atoms with Crippen molar-refractivity contribution in [1.29, 1.82) is 0 Å². The van der Waals surface area contributed by atoms with Crippen molar-refractivity contribution in [2.45, 2.75) is 27.2 Å². The maximum atomic E-state index is 10.9. The highest BCUT2D eigenvalue weighted by atomic mass is 16.1. The molecule has 1 unspecified atom stereocenters. The molecule has 1 nitrogen and oxygen atoms in total. The lowest BCUT2D eigenvalue weighted by atomic mass is 9.74. The van der Waals surface area contributed by atoms with Crippen LogP contribution in [0.15, 0.2) is 12.2 Å². The standard InChI is InChI=1S/C9H14O/c1-7-6-8(10)4-5-9(7,2)3/h4-5,7H,6H2,1-3H3. The van der Waals surface area contributed by atoms with Crippen LogP contribution in [0.2, 0.25) is 0 Å². The summed E-state index contributed by atoms with van der Waals surface area (Å²) < 4.78 is 0. The van der Waals surface area contributed by atoms with E-state index in [1.54, 1.807) is 6.08 Å². The van der Waals surface area contributed by atoms with Crippen molar-refractivity contribution in [1.82, 2.24) is 0 Å². The number of carbonyl (C=O) groups is 1. The minimum absolute atomic E-state index is 0.216. The predicted octanol–water partition coefficient (Wildman–Crippen LogP) is 2.18. The third-order valence-corrected chi connectivity index (χ3v) is 2.48. The normalized spacial score (nSPS) is 30.7. The molecule has 0 aliphatic heterocycles. The Balaban J connectivity index is 2.82. The van der Waals surface area contributed by atoms with Crippen LogP contribution in [0.3, 0.4) is 0 Å². The SMILES string of the molecule is CC1CC(=O)C=CC1(C)C. The molecule has 1 heteroatoms. The summed E-state index contributed by atoms with van der Waals surface area (Å²) in [6.45, 7) is 6.46. The van der Waals surface area contributed by atoms with Gasteiger partial charge in [0.2, 0.25) is 0 Å². The molecule has 0 bridgehead atoms. The third kappa shape index (κ3) is 1.28. The lowest BCUT2D eigenvalue weighted by Gasteiger charge is -2.30. The molecular weight excluding hydrogens is 124 g/mol. The van der Waals surface area contributed by atoms with Gasteiger partial charge in [0.25, 0.3) is 0 Å². The lowest BCUT2D eigenvalue weighted by molar-refractivity contribution is -0.116. The highest BCUT2D eigenvalue weighted by Gasteiger charge is 2.27. The van der Waals surface area contributed by atoms with Gasteiger partial charge >= 0.3 is 0 Å². The second-order valence-electron chi connectivity index (χ2n) is 3.73. The summed E-state index contributed by atoms with van der Waals surface area (Å²) in [5, 5.41) is 0. The van der Waals surface area contributed by atoms with E-state index in [1.165, 1.54) is 0 Å². The molecule has 1 atom stereocenters. The fourth-order valence-corrected chi connectivity index (χ4v) is 1.10. The van der Waals surface area contributed by atoms with Crippen LogP contribution in [-0.2, 0) is 4.79 Å². The minimum atomic E-state index is 0.216. The molecule has 0 spiro atoms. The molecule has 0 aromatic heterocycles. The first-order chi connectivity index (χ1) is 4.52. The average molecular weight is 138 g/mol. The quantitative estimate of drug-likeness (QED) is 0.501. The van der Waals surface area contributed by atoms with Crippen LogP contribution in [0.4, 0.5) is 0 Å². The molecule has 0 aromatic rings. The molecule has 56 valence electrons. The average Bonchev–Trinajstić information content (AvgIpc) is 1.81. The van der Waals surface area contributed by atoms with Crippen LogP contribution in [0.5, 0.6) is 0 Å². The van der Waals surface area contributed by atoms with Crippen molar-refractivity contribution in [2.75, 3.05) is 0 Å². The predicted molar refractivity (Wildman–Crippen MR) is 41.7 cm³/mol. The molecule has 0 amide bonds. The zero-order chi connectivity index (χ0) is 7.78. The van der Waals surface area contributed by atoms with Gasteiger partial charge in [-0.15, -0.1) is 0 Å². The van der Waals surface area contributed by atoms with Gasteiger partial charge in [0.1, 0.15) is 0 Å². The Morgan fingerprint density at radius 1 is 1.60 bits per heavy atom. The zero-order valence-corrected chi connectivity index (χ0v) is 6.85. The van der Waals surface area contributed by atoms with Crippen molar-refractivity contribution in [3.05, 3.63) is 12.2 Å². The summed E-state index contributed by atoms with van der Waals surface area (Å²) in [7, 11) is 0. The van der Waals surface area contributed by atoms with E-state index in [0.717, 1.165) is 0 Å². The smallest absolute Gasteiger partial charge is 0.155 e. The Labute approximate surface area is 62.1 Å². The molecule has 0 saturated carbocycles. The van der Waals surface area contributed by atoms with Gasteiger partial charge in [-0.25, -0.2) is 0 Å². The van der Waals surface area contributed by atoms with Crippen LogP contribution in [0, 0.1) is 11.3 Å². The van der Waals surface area contributed by atoms with Gasteiger partial charge in [-0.3, -0.25) is 4.79 Å². The number of hydrogen-bond acceptors (Lipinski definition) is 1. The van der Waals surface area contributed by atoms with E-state index >= 15 is 0 Å². The van der Waals surface area contributed by atoms with Gasteiger partial charge in [0, 0.05) is 6.42 Å². The Morgan fingerprint density at radius 3 is 2.60 bits per heavy atom. The number of ketones is 1. The highest BCUT2D eigenvalue weighted by molar-refractivity contribution is 5.90. The van der Waals surface area contributed by atoms with Gasteiger partial charge in [0.05, 0.1) is 0 Å². The molecule has 1 aliphatic carbocycles. The highest BCUT2D eigenvalue weighted by Crippen LogP contribution is 2.33. The molecule has 0 N–H and O–H groups in total. The van der Waals surface area contributed by atoms with E-state index in [-0.39, 0.29) is 11.2 Å². The molecular formula is C9H14O. The van der Waals surface area contributed by atoms with E-state index in [0.29, 0.717) is 12.3 Å². The first-order valence-corrected chi connectivity index (χ1v) is 3.74. The summed E-state index contributed by atoms with van der Waals surface area (Å²) in [6.07, 6.45) is 4.44. The Bertz CT molecular complexity index is 177. The molecule has 0 aromatic carbocycles. The minimum Gasteiger partial charge on any atom is -0.295 e. The molecule has 1 aliphatic rings. The lowest BCUT2D eigenvalue weighted by Crippen LogP contribution is -2.25. The maximum absolute atomic E-state index is 10.9. The topological polar surface area (TPSA) is 17.1 Å². The second kappa shape index (κ2) is 2.22. The Morgan fingerprint density at radius 2 is 2.20 bits per heavy atom. The molecule has 0 fully saturated rings. The maximum Gasteiger partial charge on any atom is 0.155 e. The van der Waals surface area contributed by atoms with Crippen LogP contribution in [0.25, 0.3) is 0 Å².